The van der Waals surface area contributed by atoms with Gasteiger partial charge in [0.15, 0.2) is 0 Å². The predicted molar refractivity (Wildman–Crippen MR) is 60.5 cm³/mol. The average molecular weight is 207 g/mol. The van der Waals surface area contributed by atoms with Crippen LogP contribution >= 0.6 is 11.6 Å². The van der Waals surface area contributed by atoms with E-state index in [-0.39, 0.29) is 0 Å². The maximum Gasteiger partial charge on any atom is 0.0879 e. The van der Waals surface area contributed by atoms with E-state index in [2.05, 4.69) is 22.1 Å². The highest BCUT2D eigenvalue weighted by Crippen LogP contribution is 2.12. The molecule has 0 spiro atoms. The summed E-state index contributed by atoms with van der Waals surface area (Å²) in [5.74, 6) is 0.661. The van der Waals surface area contributed by atoms with Gasteiger partial charge in [0.1, 0.15) is 0 Å². The minimum Gasteiger partial charge on any atom is -0.360 e. The minimum atomic E-state index is 0.661. The molecular weight excluding hydrogens is 196 g/mol. The molecular formula is C11H11ClN2. The number of allylic oxidation sites excluding steroid dienone is 1. The van der Waals surface area contributed by atoms with Gasteiger partial charge in [0.25, 0.3) is 0 Å². The molecule has 0 saturated carbocycles. The summed E-state index contributed by atoms with van der Waals surface area (Å²) in [6.45, 7) is 0. The second kappa shape index (κ2) is 4.29. The Kier molecular flexibility index (Phi) is 2.84. The number of H-pyrrole nitrogens is 1. The van der Waals surface area contributed by atoms with Gasteiger partial charge in [-0.3, -0.25) is 4.98 Å². The summed E-state index contributed by atoms with van der Waals surface area (Å²) in [5, 5.41) is 0. The van der Waals surface area contributed by atoms with Crippen molar-refractivity contribution >= 4 is 28.7 Å². The summed E-state index contributed by atoms with van der Waals surface area (Å²) in [4.78, 5) is 7.43. The van der Waals surface area contributed by atoms with Crippen molar-refractivity contribution in [2.45, 2.75) is 6.42 Å². The Morgan fingerprint density at radius 1 is 1.50 bits per heavy atom. The first-order chi connectivity index (χ1) is 6.90. The Bertz CT molecular complexity index is 445. The highest BCUT2D eigenvalue weighted by Gasteiger charge is 1.94. The molecule has 0 aromatic carbocycles. The minimum absolute atomic E-state index is 0.661. The van der Waals surface area contributed by atoms with Gasteiger partial charge in [0.2, 0.25) is 0 Å². The molecule has 3 heteroatoms. The lowest BCUT2D eigenvalue weighted by atomic mass is 10.2. The van der Waals surface area contributed by atoms with E-state index in [1.165, 1.54) is 0 Å². The fraction of sp³-hybridized carbons (Fsp3) is 0.182. The van der Waals surface area contributed by atoms with Gasteiger partial charge in [0.05, 0.1) is 11.0 Å². The molecule has 1 N–H and O–H groups in total. The number of nitrogens with one attached hydrogen (secondary N) is 1. The lowest BCUT2D eigenvalue weighted by Crippen LogP contribution is -1.78. The van der Waals surface area contributed by atoms with Crippen LogP contribution in [0.25, 0.3) is 17.1 Å². The van der Waals surface area contributed by atoms with Crippen molar-refractivity contribution in [1.29, 1.82) is 0 Å². The summed E-state index contributed by atoms with van der Waals surface area (Å²) in [7, 11) is 0. The first-order valence-electron chi connectivity index (χ1n) is 4.56. The Labute approximate surface area is 87.6 Å². The molecule has 0 atom stereocenters. The van der Waals surface area contributed by atoms with Crippen LogP contribution in [0.5, 0.6) is 0 Å². The molecule has 0 aliphatic heterocycles. The maximum absolute atomic E-state index is 5.57. The number of hydrogen-bond acceptors (Lipinski definition) is 1. The molecule has 0 amide bonds. The predicted octanol–water partition coefficient (Wildman–Crippen LogP) is 3.21. The van der Waals surface area contributed by atoms with Crippen LogP contribution in [0.4, 0.5) is 0 Å². The summed E-state index contributed by atoms with van der Waals surface area (Å²) in [5.41, 5.74) is 3.17. The number of alkyl halides is 1. The van der Waals surface area contributed by atoms with Crippen molar-refractivity contribution in [1.82, 2.24) is 9.97 Å². The molecule has 2 nitrogen and oxygen atoms in total. The molecule has 2 heterocycles. The smallest absolute Gasteiger partial charge is 0.0879 e. The van der Waals surface area contributed by atoms with Crippen molar-refractivity contribution in [3.05, 3.63) is 36.2 Å². The van der Waals surface area contributed by atoms with Crippen LogP contribution < -0.4 is 0 Å². The zero-order valence-corrected chi connectivity index (χ0v) is 8.46. The fourth-order valence-corrected chi connectivity index (χ4v) is 1.45. The Hall–Kier alpha value is -1.28. The third-order valence-corrected chi connectivity index (χ3v) is 2.22. The van der Waals surface area contributed by atoms with Crippen LogP contribution in [0.3, 0.4) is 0 Å². The largest absolute Gasteiger partial charge is 0.360 e. The lowest BCUT2D eigenvalue weighted by molar-refractivity contribution is 1.24. The molecule has 0 radical (unpaired) electrons. The monoisotopic (exact) mass is 206 g/mol. The van der Waals surface area contributed by atoms with Gasteiger partial charge < -0.3 is 4.98 Å². The molecule has 0 aliphatic rings. The zero-order chi connectivity index (χ0) is 9.80. The van der Waals surface area contributed by atoms with Crippen molar-refractivity contribution in [3.8, 4) is 0 Å². The summed E-state index contributed by atoms with van der Waals surface area (Å²) >= 11 is 5.57. The number of hydrogen-bond donors (Lipinski definition) is 1. The summed E-state index contributed by atoms with van der Waals surface area (Å²) < 4.78 is 0. The van der Waals surface area contributed by atoms with Gasteiger partial charge >= 0.3 is 0 Å². The molecule has 0 unspecified atom stereocenters. The SMILES string of the molecule is ClCCC=Cc1cnc2cc[nH]c2c1. The highest BCUT2D eigenvalue weighted by atomic mass is 35.5. The molecule has 14 heavy (non-hydrogen) atoms. The van der Waals surface area contributed by atoms with Crippen LogP contribution in [0.15, 0.2) is 30.6 Å². The topological polar surface area (TPSA) is 28.7 Å². The second-order valence-electron chi connectivity index (χ2n) is 3.06. The zero-order valence-electron chi connectivity index (χ0n) is 7.70. The van der Waals surface area contributed by atoms with Gasteiger partial charge in [-0.05, 0) is 24.1 Å². The van der Waals surface area contributed by atoms with E-state index in [1.807, 2.05) is 24.5 Å². The van der Waals surface area contributed by atoms with Gasteiger partial charge in [0, 0.05) is 18.3 Å². The molecule has 0 saturated heterocycles. The van der Waals surface area contributed by atoms with Crippen molar-refractivity contribution in [2.24, 2.45) is 0 Å². The normalized spacial score (nSPS) is 11.5. The van der Waals surface area contributed by atoms with E-state index in [9.17, 15) is 0 Å². The number of fused-ring (bicyclic) bond motifs is 1. The van der Waals surface area contributed by atoms with E-state index in [4.69, 9.17) is 11.6 Å². The number of aromatic amines is 1. The second-order valence-corrected chi connectivity index (χ2v) is 3.44. The van der Waals surface area contributed by atoms with Crippen LogP contribution in [0.1, 0.15) is 12.0 Å². The summed E-state index contributed by atoms with van der Waals surface area (Å²) in [6.07, 6.45) is 8.74. The quantitative estimate of drug-likeness (QED) is 0.768. The molecule has 2 aromatic rings. The van der Waals surface area contributed by atoms with E-state index in [0.717, 1.165) is 23.0 Å². The summed E-state index contributed by atoms with van der Waals surface area (Å²) in [6, 6.07) is 4.04. The maximum atomic E-state index is 5.57. The molecule has 0 aliphatic carbocycles. The number of nitrogens with zero attached hydrogens (tertiary/aromatic N) is 1. The Morgan fingerprint density at radius 2 is 2.43 bits per heavy atom. The number of halogens is 1. The van der Waals surface area contributed by atoms with Gasteiger partial charge in [-0.1, -0.05) is 12.2 Å². The standard InChI is InChI=1S/C11H11ClN2/c12-5-2-1-3-9-7-11-10(14-8-9)4-6-13-11/h1,3-4,6-8,13H,2,5H2. The highest BCUT2D eigenvalue weighted by molar-refractivity contribution is 6.17. The van der Waals surface area contributed by atoms with Crippen LogP contribution in [-0.4, -0.2) is 15.8 Å². The van der Waals surface area contributed by atoms with Crippen LogP contribution in [0, 0.1) is 0 Å². The first-order valence-corrected chi connectivity index (χ1v) is 5.09. The van der Waals surface area contributed by atoms with E-state index >= 15 is 0 Å². The van der Waals surface area contributed by atoms with Crippen LogP contribution in [0.2, 0.25) is 0 Å². The van der Waals surface area contributed by atoms with Gasteiger partial charge in [-0.25, -0.2) is 0 Å². The lowest BCUT2D eigenvalue weighted by Gasteiger charge is -1.93. The number of aromatic nitrogens is 2. The third-order valence-electron chi connectivity index (χ3n) is 2.01. The Morgan fingerprint density at radius 3 is 3.29 bits per heavy atom. The molecule has 0 fully saturated rings. The average Bonchev–Trinajstić information content (AvgIpc) is 2.65. The first kappa shape index (κ1) is 9.28. The van der Waals surface area contributed by atoms with E-state index < -0.39 is 0 Å². The Balaban J connectivity index is 2.25. The third kappa shape index (κ3) is 1.96. The van der Waals surface area contributed by atoms with E-state index in [1.54, 1.807) is 0 Å². The molecule has 0 bridgehead atoms. The number of pyridine rings is 1. The van der Waals surface area contributed by atoms with Crippen molar-refractivity contribution < 1.29 is 0 Å². The van der Waals surface area contributed by atoms with Crippen molar-refractivity contribution in [3.63, 3.8) is 0 Å². The van der Waals surface area contributed by atoms with Gasteiger partial charge in [-0.15, -0.1) is 11.6 Å². The fourth-order valence-electron chi connectivity index (χ4n) is 1.32. The van der Waals surface area contributed by atoms with E-state index in [0.29, 0.717) is 5.88 Å². The molecule has 2 rings (SSSR count). The molecule has 2 aromatic heterocycles. The van der Waals surface area contributed by atoms with Gasteiger partial charge in [-0.2, -0.15) is 0 Å². The van der Waals surface area contributed by atoms with Crippen LogP contribution in [-0.2, 0) is 0 Å². The number of rotatable bonds is 3. The van der Waals surface area contributed by atoms with Crippen molar-refractivity contribution in [2.75, 3.05) is 5.88 Å². The molecule has 72 valence electrons.